The first-order valence-corrected chi connectivity index (χ1v) is 8.87. The minimum atomic E-state index is -4.86. The topological polar surface area (TPSA) is 127 Å². The first kappa shape index (κ1) is 13.7. The molecule has 17 heavy (non-hydrogen) atoms. The molecule has 2 rings (SSSR count). The van der Waals surface area contributed by atoms with Gasteiger partial charge in [0.25, 0.3) is 0 Å². The molecule has 0 aromatic heterocycles. The zero-order chi connectivity index (χ0) is 12.9. The van der Waals surface area contributed by atoms with Crippen LogP contribution in [0.3, 0.4) is 0 Å². The van der Waals surface area contributed by atoms with Crippen LogP contribution < -0.4 is 5.32 Å². The molecule has 100 valence electrons. The summed E-state index contributed by atoms with van der Waals surface area (Å²) in [4.78, 5) is 36.2. The van der Waals surface area contributed by atoms with Gasteiger partial charge in [0.1, 0.15) is 0 Å². The molecule has 0 aliphatic heterocycles. The molecular formula is C8H17NO6P2. The van der Waals surface area contributed by atoms with Crippen molar-refractivity contribution in [2.75, 3.05) is 0 Å². The van der Waals surface area contributed by atoms with Gasteiger partial charge in [0.05, 0.1) is 0 Å². The molecule has 0 spiro atoms. The van der Waals surface area contributed by atoms with Gasteiger partial charge in [0, 0.05) is 5.54 Å². The lowest BCUT2D eigenvalue weighted by atomic mass is 9.94. The van der Waals surface area contributed by atoms with Crippen LogP contribution in [0.1, 0.15) is 32.1 Å². The number of rotatable bonds is 4. The molecule has 2 saturated carbocycles. The average molecular weight is 285 g/mol. The van der Waals surface area contributed by atoms with Crippen molar-refractivity contribution in [1.29, 1.82) is 0 Å². The van der Waals surface area contributed by atoms with E-state index in [1.165, 1.54) is 0 Å². The molecule has 0 aromatic carbocycles. The Morgan fingerprint density at radius 3 is 1.82 bits per heavy atom. The van der Waals surface area contributed by atoms with Crippen LogP contribution in [0.5, 0.6) is 0 Å². The van der Waals surface area contributed by atoms with Gasteiger partial charge in [-0.25, -0.2) is 0 Å². The van der Waals surface area contributed by atoms with Crippen molar-refractivity contribution in [3.05, 3.63) is 0 Å². The van der Waals surface area contributed by atoms with Crippen molar-refractivity contribution in [2.24, 2.45) is 5.92 Å². The van der Waals surface area contributed by atoms with Crippen LogP contribution in [0.2, 0.25) is 0 Å². The van der Waals surface area contributed by atoms with E-state index >= 15 is 0 Å². The summed E-state index contributed by atoms with van der Waals surface area (Å²) in [6.07, 6.45) is 4.13. The van der Waals surface area contributed by atoms with E-state index in [0.717, 1.165) is 32.1 Å². The molecule has 9 heteroatoms. The highest BCUT2D eigenvalue weighted by atomic mass is 31.2. The molecule has 0 saturated heterocycles. The minimum Gasteiger partial charge on any atom is -0.323 e. The summed E-state index contributed by atoms with van der Waals surface area (Å²) in [5.41, 5.74) is -2.55. The van der Waals surface area contributed by atoms with Crippen molar-refractivity contribution < 1.29 is 28.7 Å². The van der Waals surface area contributed by atoms with Gasteiger partial charge < -0.3 is 19.6 Å². The fourth-order valence-electron chi connectivity index (χ4n) is 3.03. The Hall–Kier alpha value is 0.260. The van der Waals surface area contributed by atoms with Gasteiger partial charge in [0.2, 0.25) is 5.52 Å². The highest BCUT2D eigenvalue weighted by Crippen LogP contribution is 2.60. The minimum absolute atomic E-state index is 0.489. The lowest BCUT2D eigenvalue weighted by Gasteiger charge is -2.33. The second-order valence-corrected chi connectivity index (χ2v) is 8.92. The Balaban J connectivity index is 2.19. The van der Waals surface area contributed by atoms with E-state index in [2.05, 4.69) is 5.32 Å². The molecule has 0 heterocycles. The summed E-state index contributed by atoms with van der Waals surface area (Å²) < 4.78 is 22.4. The highest BCUT2D eigenvalue weighted by Gasteiger charge is 2.52. The molecule has 0 amide bonds. The zero-order valence-corrected chi connectivity index (χ0v) is 11.0. The van der Waals surface area contributed by atoms with Crippen LogP contribution in [-0.2, 0) is 9.13 Å². The molecule has 2 aliphatic carbocycles. The Morgan fingerprint density at radius 2 is 1.53 bits per heavy atom. The van der Waals surface area contributed by atoms with Gasteiger partial charge in [-0.2, -0.15) is 0 Å². The fourth-order valence-corrected chi connectivity index (χ4v) is 5.48. The van der Waals surface area contributed by atoms with Crippen molar-refractivity contribution in [1.82, 2.24) is 5.32 Å². The lowest BCUT2D eigenvalue weighted by molar-refractivity contribution is 0.278. The first-order chi connectivity index (χ1) is 7.62. The average Bonchev–Trinajstić information content (AvgIpc) is 2.70. The van der Waals surface area contributed by atoms with E-state index in [-0.39, 0.29) is 0 Å². The van der Waals surface area contributed by atoms with Crippen molar-refractivity contribution in [3.8, 4) is 0 Å². The third kappa shape index (κ3) is 2.82. The van der Waals surface area contributed by atoms with Gasteiger partial charge in [-0.1, -0.05) is 0 Å². The maximum absolute atomic E-state index is 11.2. The Morgan fingerprint density at radius 1 is 1.06 bits per heavy atom. The van der Waals surface area contributed by atoms with Crippen LogP contribution in [0, 0.1) is 5.92 Å². The summed E-state index contributed by atoms with van der Waals surface area (Å²) in [5.74, 6) is 0.525. The first-order valence-electron chi connectivity index (χ1n) is 5.51. The number of fused-ring (bicyclic) bond motifs is 2. The molecule has 5 N–H and O–H groups in total. The second kappa shape index (κ2) is 4.14. The van der Waals surface area contributed by atoms with Crippen LogP contribution in [0.4, 0.5) is 0 Å². The summed E-state index contributed by atoms with van der Waals surface area (Å²) >= 11 is 0. The van der Waals surface area contributed by atoms with Crippen LogP contribution in [0.25, 0.3) is 0 Å². The Labute approximate surface area is 98.9 Å². The number of hydrogen-bond donors (Lipinski definition) is 5. The lowest BCUT2D eigenvalue weighted by Crippen LogP contribution is -2.47. The maximum atomic E-state index is 11.2. The predicted octanol–water partition coefficient (Wildman–Crippen LogP) is 0.548. The standard InChI is InChI=1S/C8H17NO6P2/c10-16(11,12)7(17(13,14)15)9-8-3-1-6(5-8)2-4-8/h6-7,9H,1-5H2,(H2,10,11,12)(H2,13,14,15). The van der Waals surface area contributed by atoms with Crippen molar-refractivity contribution in [2.45, 2.75) is 43.2 Å². The van der Waals surface area contributed by atoms with Gasteiger partial charge in [0.15, 0.2) is 0 Å². The summed E-state index contributed by atoms with van der Waals surface area (Å²) in [7, 11) is -9.72. The quantitative estimate of drug-likeness (QED) is 0.477. The van der Waals surface area contributed by atoms with Gasteiger partial charge in [-0.05, 0) is 38.0 Å². The van der Waals surface area contributed by atoms with Crippen LogP contribution in [-0.4, -0.2) is 30.6 Å². The largest absolute Gasteiger partial charge is 0.354 e. The smallest absolute Gasteiger partial charge is 0.323 e. The van der Waals surface area contributed by atoms with E-state index in [4.69, 9.17) is 19.6 Å². The van der Waals surface area contributed by atoms with Gasteiger partial charge in [-0.15, -0.1) is 0 Å². The number of nitrogens with one attached hydrogen (secondary N) is 1. The molecule has 7 nitrogen and oxygen atoms in total. The van der Waals surface area contributed by atoms with E-state index in [0.29, 0.717) is 5.92 Å². The van der Waals surface area contributed by atoms with Crippen molar-refractivity contribution >= 4 is 15.2 Å². The van der Waals surface area contributed by atoms with E-state index in [1.54, 1.807) is 0 Å². The van der Waals surface area contributed by atoms with E-state index < -0.39 is 26.3 Å². The monoisotopic (exact) mass is 285 g/mol. The third-order valence-electron chi connectivity index (χ3n) is 3.81. The van der Waals surface area contributed by atoms with E-state index in [9.17, 15) is 9.13 Å². The molecule has 0 atom stereocenters. The molecule has 0 unspecified atom stereocenters. The second-order valence-electron chi connectivity index (χ2n) is 5.12. The van der Waals surface area contributed by atoms with Crippen molar-refractivity contribution in [3.63, 3.8) is 0 Å². The molecule has 2 fully saturated rings. The molecule has 0 aromatic rings. The predicted molar refractivity (Wildman–Crippen MR) is 60.3 cm³/mol. The SMILES string of the molecule is O=P(O)(O)C(NC12CCC(CC1)C2)P(=O)(O)O. The van der Waals surface area contributed by atoms with Crippen LogP contribution >= 0.6 is 15.2 Å². The Bertz CT molecular complexity index is 371. The number of hydrogen-bond acceptors (Lipinski definition) is 3. The highest BCUT2D eigenvalue weighted by molar-refractivity contribution is 7.70. The summed E-state index contributed by atoms with van der Waals surface area (Å²) in [6, 6.07) is 0. The normalized spacial score (nSPS) is 33.6. The van der Waals surface area contributed by atoms with Gasteiger partial charge in [-0.3, -0.25) is 14.4 Å². The maximum Gasteiger partial charge on any atom is 0.354 e. The fraction of sp³-hybridized carbons (Fsp3) is 1.00. The molecule has 2 aliphatic rings. The van der Waals surface area contributed by atoms with Gasteiger partial charge >= 0.3 is 15.2 Å². The van der Waals surface area contributed by atoms with E-state index in [1.807, 2.05) is 0 Å². The molecule has 2 bridgehead atoms. The summed E-state index contributed by atoms with van der Waals surface area (Å²) in [5, 5.41) is 2.57. The summed E-state index contributed by atoms with van der Waals surface area (Å²) in [6.45, 7) is 0. The molecule has 0 radical (unpaired) electrons. The van der Waals surface area contributed by atoms with Crippen LogP contribution in [0.15, 0.2) is 0 Å². The molecular weight excluding hydrogens is 268 g/mol. The third-order valence-corrected chi connectivity index (χ3v) is 7.15. The zero-order valence-electron chi connectivity index (χ0n) is 9.19. The Kier molecular flexibility index (Phi) is 3.33.